The molecule has 5 N–H and O–H groups in total. The number of benzene rings is 2. The second kappa shape index (κ2) is 16.3. The highest BCUT2D eigenvalue weighted by Crippen LogP contribution is 2.40. The number of phenolic OH excluding ortho intramolecular Hbond substituents is 1. The van der Waals surface area contributed by atoms with Crippen LogP contribution in [0.4, 0.5) is 0 Å². The second-order valence-corrected chi connectivity index (χ2v) is 20.1. The van der Waals surface area contributed by atoms with Crippen molar-refractivity contribution in [3.8, 4) is 11.5 Å². The summed E-state index contributed by atoms with van der Waals surface area (Å²) in [6.07, 6.45) is 18.9. The van der Waals surface area contributed by atoms with Crippen LogP contribution in [0.2, 0.25) is 0 Å². The standard InChI is InChI=1S/C16H21NO5S2.C16H20O3S.ClH2NO2S/c17-24(20,21)22-14-8-7-13-10-15(23(18,19)16(13)11-14)9-6-12-4-2-1-3-5-12;17-14-8-7-13-10-15(20(18,19)16(13)11-14)9-6-12-4-2-1-3-5-12;1-5(2,3)4/h7-8,10-12H,1-6,9H2,(H2,17,20,21);7-8,10-12,17H,1-6,9H2;(H2,2,3,4). The molecule has 2 heterocycles. The fraction of sp³-hybridized carbons (Fsp3) is 0.500. The summed E-state index contributed by atoms with van der Waals surface area (Å²) in [4.78, 5) is 1.26. The summed E-state index contributed by atoms with van der Waals surface area (Å²) in [6.45, 7) is 0. The Morgan fingerprint density at radius 3 is 1.53 bits per heavy atom. The number of phenols is 1. The van der Waals surface area contributed by atoms with E-state index in [0.29, 0.717) is 45.6 Å². The van der Waals surface area contributed by atoms with Gasteiger partial charge in [-0.05, 0) is 91.1 Å². The van der Waals surface area contributed by atoms with Gasteiger partial charge in [-0.2, -0.15) is 22.0 Å². The SMILES string of the molecule is NS(=O)(=O)Cl.NS(=O)(=O)Oc1ccc2c(c1)S(=O)(=O)C(CCC1CCCCC1)=C2.O=S1(=O)C(CCC2CCCCC2)=Cc2ccc(O)cc21. The minimum Gasteiger partial charge on any atom is -0.508 e. The minimum atomic E-state index is -4.18. The normalized spacial score (nSPS) is 20.0. The maximum absolute atomic E-state index is 12.7. The van der Waals surface area contributed by atoms with Crippen LogP contribution in [0.5, 0.6) is 11.5 Å². The largest absolute Gasteiger partial charge is 0.508 e. The number of aromatic hydroxyl groups is 1. The fourth-order valence-electron chi connectivity index (χ4n) is 6.77. The molecule has 272 valence electrons. The van der Waals surface area contributed by atoms with E-state index in [1.165, 1.54) is 88.5 Å². The van der Waals surface area contributed by atoms with Crippen molar-refractivity contribution >= 4 is 62.0 Å². The van der Waals surface area contributed by atoms with Crippen molar-refractivity contribution in [2.24, 2.45) is 22.1 Å². The third-order valence-electron chi connectivity index (χ3n) is 9.14. The van der Waals surface area contributed by atoms with Crippen molar-refractivity contribution in [2.45, 2.75) is 99.7 Å². The molecule has 0 spiro atoms. The lowest BCUT2D eigenvalue weighted by atomic mass is 9.86. The van der Waals surface area contributed by atoms with Gasteiger partial charge in [-0.25, -0.2) is 22.0 Å². The Bertz CT molecular complexity index is 2010. The molecule has 0 amide bonds. The molecule has 0 saturated heterocycles. The molecule has 2 aliphatic carbocycles. The third-order valence-corrected chi connectivity index (χ3v) is 13.5. The maximum Gasteiger partial charge on any atom is 0.380 e. The smallest absolute Gasteiger partial charge is 0.380 e. The molecular weight excluding hydrogens is 736 g/mol. The highest BCUT2D eigenvalue weighted by molar-refractivity contribution is 8.11. The van der Waals surface area contributed by atoms with Crippen LogP contribution in [0, 0.1) is 11.8 Å². The molecule has 0 unspecified atom stereocenters. The van der Waals surface area contributed by atoms with E-state index in [4.69, 9.17) is 5.14 Å². The zero-order chi connectivity index (χ0) is 36.0. The first-order valence-corrected chi connectivity index (χ1v) is 23.0. The lowest BCUT2D eigenvalue weighted by Gasteiger charge is -2.21. The van der Waals surface area contributed by atoms with Gasteiger partial charge < -0.3 is 9.29 Å². The molecule has 0 radical (unpaired) electrons. The molecular formula is C32H43ClN2O10S4. The fourth-order valence-corrected chi connectivity index (χ4v) is 10.5. The van der Waals surface area contributed by atoms with Gasteiger partial charge in [-0.15, -0.1) is 0 Å². The number of rotatable bonds is 8. The molecule has 2 fully saturated rings. The monoisotopic (exact) mass is 778 g/mol. The molecule has 0 aromatic heterocycles. The average molecular weight is 779 g/mol. The van der Waals surface area contributed by atoms with Crippen LogP contribution in [-0.4, -0.2) is 38.8 Å². The Morgan fingerprint density at radius 1 is 0.694 bits per heavy atom. The summed E-state index contributed by atoms with van der Waals surface area (Å²) in [7, 11) is -10.5. The van der Waals surface area contributed by atoms with Crippen LogP contribution in [-0.2, 0) is 39.2 Å². The van der Waals surface area contributed by atoms with Crippen LogP contribution in [0.15, 0.2) is 56.0 Å². The van der Waals surface area contributed by atoms with Crippen molar-refractivity contribution in [1.82, 2.24) is 0 Å². The van der Waals surface area contributed by atoms with Gasteiger partial charge in [0.1, 0.15) is 11.5 Å². The Morgan fingerprint density at radius 2 is 1.10 bits per heavy atom. The van der Waals surface area contributed by atoms with E-state index >= 15 is 0 Å². The predicted molar refractivity (Wildman–Crippen MR) is 189 cm³/mol. The molecule has 2 aromatic carbocycles. The molecule has 0 atom stereocenters. The molecule has 2 saturated carbocycles. The zero-order valence-electron chi connectivity index (χ0n) is 27.0. The number of allylic oxidation sites excluding steroid dienone is 2. The predicted octanol–water partition coefficient (Wildman–Crippen LogP) is 6.07. The Labute approximate surface area is 294 Å². The van der Waals surface area contributed by atoms with Crippen molar-refractivity contribution < 1.29 is 43.0 Å². The van der Waals surface area contributed by atoms with Gasteiger partial charge in [0.25, 0.3) is 9.24 Å². The van der Waals surface area contributed by atoms with E-state index in [1.54, 1.807) is 24.3 Å². The highest BCUT2D eigenvalue weighted by atomic mass is 35.7. The van der Waals surface area contributed by atoms with Crippen molar-refractivity contribution in [3.05, 3.63) is 57.3 Å². The molecule has 17 heteroatoms. The molecule has 2 aromatic rings. The van der Waals surface area contributed by atoms with Gasteiger partial charge in [0.2, 0.25) is 19.7 Å². The summed E-state index contributed by atoms with van der Waals surface area (Å²) in [5.74, 6) is 1.19. The van der Waals surface area contributed by atoms with Crippen molar-refractivity contribution in [1.29, 1.82) is 0 Å². The summed E-state index contributed by atoms with van der Waals surface area (Å²) in [6, 6.07) is 8.74. The van der Waals surface area contributed by atoms with Crippen LogP contribution in [0.1, 0.15) is 101 Å². The highest BCUT2D eigenvalue weighted by Gasteiger charge is 2.32. The van der Waals surface area contributed by atoms with E-state index in [2.05, 4.69) is 20.0 Å². The van der Waals surface area contributed by atoms with Crippen LogP contribution >= 0.6 is 10.7 Å². The number of sulfone groups is 2. The van der Waals surface area contributed by atoms with Crippen molar-refractivity contribution in [2.75, 3.05) is 0 Å². The van der Waals surface area contributed by atoms with Crippen LogP contribution in [0.3, 0.4) is 0 Å². The van der Waals surface area contributed by atoms with Gasteiger partial charge >= 0.3 is 10.3 Å². The minimum absolute atomic E-state index is 0.00857. The number of fused-ring (bicyclic) bond motifs is 2. The zero-order valence-corrected chi connectivity index (χ0v) is 31.0. The third kappa shape index (κ3) is 11.5. The van der Waals surface area contributed by atoms with Crippen LogP contribution < -0.4 is 14.5 Å². The summed E-state index contributed by atoms with van der Waals surface area (Å²) in [5.41, 5.74) is 1.27. The van der Waals surface area contributed by atoms with E-state index in [1.807, 2.05) is 0 Å². The first-order chi connectivity index (χ1) is 22.8. The van der Waals surface area contributed by atoms with Gasteiger partial charge in [-0.3, -0.25) is 0 Å². The molecule has 4 aliphatic rings. The van der Waals surface area contributed by atoms with E-state index < -0.39 is 39.2 Å². The number of halogens is 1. The topological polar surface area (TPSA) is 218 Å². The number of hydrogen-bond acceptors (Lipinski definition) is 10. The summed E-state index contributed by atoms with van der Waals surface area (Å²) in [5, 5.41) is 18.4. The van der Waals surface area contributed by atoms with Gasteiger partial charge in [-0.1, -0.05) is 64.2 Å². The van der Waals surface area contributed by atoms with Gasteiger partial charge in [0.15, 0.2) is 0 Å². The second-order valence-electron chi connectivity index (χ2n) is 12.8. The quantitative estimate of drug-likeness (QED) is 0.263. The summed E-state index contributed by atoms with van der Waals surface area (Å²) >= 11 is 0. The molecule has 6 rings (SSSR count). The first-order valence-electron chi connectivity index (χ1n) is 16.2. The Balaban J connectivity index is 0.000000197. The number of hydrogen-bond donors (Lipinski definition) is 3. The van der Waals surface area contributed by atoms with Crippen LogP contribution in [0.25, 0.3) is 12.2 Å². The maximum atomic E-state index is 12.7. The van der Waals surface area contributed by atoms with E-state index in [0.717, 1.165) is 12.8 Å². The van der Waals surface area contributed by atoms with Gasteiger partial charge in [0.05, 0.1) is 9.79 Å². The summed E-state index contributed by atoms with van der Waals surface area (Å²) < 4.78 is 95.1. The lowest BCUT2D eigenvalue weighted by Crippen LogP contribution is -2.19. The Hall–Kier alpha value is -2.47. The van der Waals surface area contributed by atoms with Crippen molar-refractivity contribution in [3.63, 3.8) is 0 Å². The molecule has 0 bridgehead atoms. The Kier molecular flexibility index (Phi) is 13.0. The van der Waals surface area contributed by atoms with E-state index in [-0.39, 0.29) is 21.3 Å². The lowest BCUT2D eigenvalue weighted by molar-refractivity contribution is 0.340. The van der Waals surface area contributed by atoms with E-state index in [9.17, 15) is 38.8 Å². The average Bonchev–Trinajstić information content (AvgIpc) is 3.42. The molecule has 49 heavy (non-hydrogen) atoms. The van der Waals surface area contributed by atoms with Gasteiger partial charge in [0, 0.05) is 26.6 Å². The first kappa shape index (κ1) is 39.3. The number of nitrogens with two attached hydrogens (primary N) is 2. The molecule has 2 aliphatic heterocycles. The molecule has 12 nitrogen and oxygen atoms in total.